The smallest absolute Gasteiger partial charge is 0.258 e. The number of aromatic nitrogens is 1. The van der Waals surface area contributed by atoms with E-state index < -0.39 is 0 Å². The van der Waals surface area contributed by atoms with Crippen LogP contribution < -0.4 is 9.64 Å². The molecule has 0 saturated heterocycles. The van der Waals surface area contributed by atoms with Gasteiger partial charge in [-0.15, -0.1) is 0 Å². The second kappa shape index (κ2) is 7.66. The van der Waals surface area contributed by atoms with Crippen molar-refractivity contribution in [2.45, 2.75) is 19.8 Å². The van der Waals surface area contributed by atoms with Gasteiger partial charge >= 0.3 is 0 Å². The van der Waals surface area contributed by atoms with E-state index >= 15 is 0 Å². The number of amides is 1. The molecule has 0 fully saturated rings. The summed E-state index contributed by atoms with van der Waals surface area (Å²) >= 11 is 0. The van der Waals surface area contributed by atoms with Crippen LogP contribution in [0.5, 0.6) is 5.88 Å². The zero-order chi connectivity index (χ0) is 17.8. The van der Waals surface area contributed by atoms with Gasteiger partial charge in [0, 0.05) is 43.1 Å². The molecule has 132 valence electrons. The number of para-hydroxylation sites is 1. The third-order valence-corrected chi connectivity index (χ3v) is 4.58. The summed E-state index contributed by atoms with van der Waals surface area (Å²) in [5.41, 5.74) is 2.84. The normalized spacial score (nSPS) is 16.2. The third-order valence-electron chi connectivity index (χ3n) is 4.58. The molecule has 0 radical (unpaired) electrons. The van der Waals surface area contributed by atoms with Crippen molar-refractivity contribution in [1.82, 2.24) is 4.98 Å². The molecule has 1 atom stereocenters. The quantitative estimate of drug-likeness (QED) is 0.755. The molecule has 0 spiro atoms. The van der Waals surface area contributed by atoms with Crippen LogP contribution in [0.25, 0.3) is 0 Å². The van der Waals surface area contributed by atoms with E-state index in [-0.39, 0.29) is 5.91 Å². The Morgan fingerprint density at radius 2 is 2.08 bits per heavy atom. The molecule has 1 aromatic carbocycles. The van der Waals surface area contributed by atoms with Gasteiger partial charge in [0.2, 0.25) is 5.88 Å². The minimum Gasteiger partial charge on any atom is -0.475 e. The van der Waals surface area contributed by atoms with Crippen LogP contribution >= 0.6 is 0 Å². The molecule has 0 N–H and O–H groups in total. The lowest BCUT2D eigenvalue weighted by molar-refractivity contribution is 0.0986. The van der Waals surface area contributed by atoms with Gasteiger partial charge in [-0.1, -0.05) is 32.0 Å². The van der Waals surface area contributed by atoms with Crippen LogP contribution in [0.15, 0.2) is 42.6 Å². The number of hydrogen-bond donors (Lipinski definition) is 0. The monoisotopic (exact) mass is 340 g/mol. The van der Waals surface area contributed by atoms with Gasteiger partial charge in [-0.25, -0.2) is 4.98 Å². The van der Waals surface area contributed by atoms with Gasteiger partial charge in [0.05, 0.1) is 6.61 Å². The number of benzene rings is 1. The average molecular weight is 340 g/mol. The number of carbonyl (C=O) groups is 1. The number of nitrogens with zero attached hydrogens (tertiary/aromatic N) is 2. The SMILES string of the molecule is COCCOc1cc(C(=O)N2CC(C(C)C)c3ccccc32)ccn1. The summed E-state index contributed by atoms with van der Waals surface area (Å²) in [5, 5.41) is 0. The highest BCUT2D eigenvalue weighted by molar-refractivity contribution is 6.07. The average Bonchev–Trinajstić information content (AvgIpc) is 3.01. The maximum Gasteiger partial charge on any atom is 0.258 e. The Hall–Kier alpha value is -2.40. The summed E-state index contributed by atoms with van der Waals surface area (Å²) in [6.45, 7) is 5.99. The molecule has 2 aromatic rings. The predicted molar refractivity (Wildman–Crippen MR) is 97.3 cm³/mol. The van der Waals surface area contributed by atoms with Crippen LogP contribution in [0.2, 0.25) is 0 Å². The number of carbonyl (C=O) groups excluding carboxylic acids is 1. The molecule has 1 amide bonds. The topological polar surface area (TPSA) is 51.7 Å². The van der Waals surface area contributed by atoms with E-state index in [1.165, 1.54) is 5.56 Å². The fourth-order valence-electron chi connectivity index (χ4n) is 3.21. The standard InChI is InChI=1S/C20H24N2O3/c1-14(2)17-13-22(18-7-5-4-6-16(17)18)20(23)15-8-9-21-19(12-15)25-11-10-24-3/h4-9,12,14,17H,10-11,13H2,1-3H3. The molecular formula is C20H24N2O3. The fraction of sp³-hybridized carbons (Fsp3) is 0.400. The molecule has 1 aliphatic heterocycles. The lowest BCUT2D eigenvalue weighted by atomic mass is 9.90. The van der Waals surface area contributed by atoms with E-state index in [0.29, 0.717) is 43.0 Å². The molecule has 3 rings (SSSR count). The zero-order valence-corrected chi connectivity index (χ0v) is 14.9. The first-order valence-corrected chi connectivity index (χ1v) is 8.60. The molecule has 1 aliphatic rings. The second-order valence-electron chi connectivity index (χ2n) is 6.55. The number of anilines is 1. The summed E-state index contributed by atoms with van der Waals surface area (Å²) in [7, 11) is 1.62. The predicted octanol–water partition coefficient (Wildman–Crippen LogP) is 3.51. The Bertz CT molecular complexity index is 745. The van der Waals surface area contributed by atoms with Crippen molar-refractivity contribution in [2.24, 2.45) is 5.92 Å². The van der Waals surface area contributed by atoms with Gasteiger partial charge < -0.3 is 14.4 Å². The van der Waals surface area contributed by atoms with Gasteiger partial charge in [0.15, 0.2) is 0 Å². The first-order chi connectivity index (χ1) is 12.1. The van der Waals surface area contributed by atoms with Gasteiger partial charge in [-0.2, -0.15) is 0 Å². The summed E-state index contributed by atoms with van der Waals surface area (Å²) < 4.78 is 10.5. The molecule has 5 heteroatoms. The van der Waals surface area contributed by atoms with Crippen LogP contribution in [-0.2, 0) is 4.74 Å². The molecule has 1 aromatic heterocycles. The van der Waals surface area contributed by atoms with E-state index in [4.69, 9.17) is 9.47 Å². The Morgan fingerprint density at radius 3 is 2.84 bits per heavy atom. The number of fused-ring (bicyclic) bond motifs is 1. The Morgan fingerprint density at radius 1 is 1.28 bits per heavy atom. The lowest BCUT2D eigenvalue weighted by Crippen LogP contribution is -2.30. The second-order valence-corrected chi connectivity index (χ2v) is 6.55. The minimum absolute atomic E-state index is 0.0189. The van der Waals surface area contributed by atoms with Crippen molar-refractivity contribution >= 4 is 11.6 Å². The summed E-state index contributed by atoms with van der Waals surface area (Å²) in [6, 6.07) is 11.6. The Kier molecular flexibility index (Phi) is 5.34. The number of rotatable bonds is 6. The van der Waals surface area contributed by atoms with Crippen LogP contribution in [-0.4, -0.2) is 37.8 Å². The minimum atomic E-state index is -0.0189. The highest BCUT2D eigenvalue weighted by atomic mass is 16.5. The van der Waals surface area contributed by atoms with Gasteiger partial charge in [0.25, 0.3) is 5.91 Å². The largest absolute Gasteiger partial charge is 0.475 e. The van der Waals surface area contributed by atoms with E-state index in [1.54, 1.807) is 25.4 Å². The van der Waals surface area contributed by atoms with Crippen molar-refractivity contribution in [1.29, 1.82) is 0 Å². The van der Waals surface area contributed by atoms with E-state index in [1.807, 2.05) is 23.1 Å². The number of hydrogen-bond acceptors (Lipinski definition) is 4. The molecule has 1 unspecified atom stereocenters. The maximum atomic E-state index is 13.1. The van der Waals surface area contributed by atoms with Crippen LogP contribution in [0.3, 0.4) is 0 Å². The van der Waals surface area contributed by atoms with Crippen molar-refractivity contribution < 1.29 is 14.3 Å². The van der Waals surface area contributed by atoms with Crippen LogP contribution in [0.4, 0.5) is 5.69 Å². The van der Waals surface area contributed by atoms with E-state index in [9.17, 15) is 4.79 Å². The van der Waals surface area contributed by atoms with Gasteiger partial charge in [0.1, 0.15) is 6.61 Å². The first-order valence-electron chi connectivity index (χ1n) is 8.60. The molecule has 5 nitrogen and oxygen atoms in total. The molecule has 25 heavy (non-hydrogen) atoms. The van der Waals surface area contributed by atoms with Crippen LogP contribution in [0.1, 0.15) is 35.7 Å². The molecule has 0 saturated carbocycles. The zero-order valence-electron chi connectivity index (χ0n) is 14.9. The first kappa shape index (κ1) is 17.4. The van der Waals surface area contributed by atoms with Crippen molar-refractivity contribution in [2.75, 3.05) is 31.8 Å². The van der Waals surface area contributed by atoms with Crippen LogP contribution in [0, 0.1) is 5.92 Å². The number of methoxy groups -OCH3 is 1. The van der Waals surface area contributed by atoms with Gasteiger partial charge in [-0.05, 0) is 23.6 Å². The van der Waals surface area contributed by atoms with Crippen molar-refractivity contribution in [3.63, 3.8) is 0 Å². The number of pyridine rings is 1. The maximum absolute atomic E-state index is 13.1. The van der Waals surface area contributed by atoms with Crippen molar-refractivity contribution in [3.05, 3.63) is 53.7 Å². The molecule has 2 heterocycles. The summed E-state index contributed by atoms with van der Waals surface area (Å²) in [6.07, 6.45) is 1.61. The summed E-state index contributed by atoms with van der Waals surface area (Å²) in [4.78, 5) is 19.1. The highest BCUT2D eigenvalue weighted by Crippen LogP contribution is 2.40. The Balaban J connectivity index is 1.83. The summed E-state index contributed by atoms with van der Waals surface area (Å²) in [5.74, 6) is 1.26. The molecule has 0 bridgehead atoms. The van der Waals surface area contributed by atoms with Crippen molar-refractivity contribution in [3.8, 4) is 5.88 Å². The fourth-order valence-corrected chi connectivity index (χ4v) is 3.21. The lowest BCUT2D eigenvalue weighted by Gasteiger charge is -2.19. The third kappa shape index (κ3) is 3.66. The Labute approximate surface area is 148 Å². The van der Waals surface area contributed by atoms with Gasteiger partial charge in [-0.3, -0.25) is 4.79 Å². The molecule has 0 aliphatic carbocycles. The molecular weight excluding hydrogens is 316 g/mol. The van der Waals surface area contributed by atoms with E-state index in [2.05, 4.69) is 24.9 Å². The number of ether oxygens (including phenoxy) is 2. The van der Waals surface area contributed by atoms with E-state index in [0.717, 1.165) is 5.69 Å². The highest BCUT2D eigenvalue weighted by Gasteiger charge is 2.34.